The Morgan fingerprint density at radius 3 is 2.95 bits per heavy atom. The zero-order chi connectivity index (χ0) is 15.4. The second-order valence-corrected chi connectivity index (χ2v) is 6.79. The standard InChI is InChI=1S/C15H19ClN2O2S/c1-3-4-7-18(2)14(19)9-13-15(20)17-11-8-10(16)5-6-12(11)21-13/h5-6,8,13H,3-4,7,9H2,1-2H3,(H,17,20). The van der Waals surface area contributed by atoms with Crippen LogP contribution in [0.15, 0.2) is 23.1 Å². The van der Waals surface area contributed by atoms with Gasteiger partial charge in [-0.1, -0.05) is 24.9 Å². The highest BCUT2D eigenvalue weighted by molar-refractivity contribution is 8.01. The maximum absolute atomic E-state index is 12.1. The van der Waals surface area contributed by atoms with Gasteiger partial charge in [0.2, 0.25) is 11.8 Å². The van der Waals surface area contributed by atoms with E-state index in [1.807, 2.05) is 6.07 Å². The molecular formula is C15H19ClN2O2S. The summed E-state index contributed by atoms with van der Waals surface area (Å²) in [6.45, 7) is 2.82. The first-order chi connectivity index (χ1) is 10.0. The van der Waals surface area contributed by atoms with Gasteiger partial charge in [0.15, 0.2) is 0 Å². The van der Waals surface area contributed by atoms with Crippen LogP contribution in [0.1, 0.15) is 26.2 Å². The molecule has 1 aromatic carbocycles. The van der Waals surface area contributed by atoms with Crippen molar-refractivity contribution in [2.24, 2.45) is 0 Å². The summed E-state index contributed by atoms with van der Waals surface area (Å²) in [5.41, 5.74) is 0.723. The van der Waals surface area contributed by atoms with E-state index in [-0.39, 0.29) is 23.5 Å². The zero-order valence-electron chi connectivity index (χ0n) is 12.2. The quantitative estimate of drug-likeness (QED) is 0.902. The molecule has 4 nitrogen and oxygen atoms in total. The van der Waals surface area contributed by atoms with Gasteiger partial charge in [-0.15, -0.1) is 11.8 Å². The van der Waals surface area contributed by atoms with Crippen molar-refractivity contribution in [2.45, 2.75) is 36.3 Å². The lowest BCUT2D eigenvalue weighted by atomic mass is 10.2. The predicted octanol–water partition coefficient (Wildman–Crippen LogP) is 3.40. The van der Waals surface area contributed by atoms with Crippen LogP contribution in [-0.4, -0.2) is 35.6 Å². The third kappa shape index (κ3) is 4.14. The number of hydrogen-bond acceptors (Lipinski definition) is 3. The summed E-state index contributed by atoms with van der Waals surface area (Å²) in [7, 11) is 1.79. The monoisotopic (exact) mass is 326 g/mol. The maximum Gasteiger partial charge on any atom is 0.238 e. The average Bonchev–Trinajstić information content (AvgIpc) is 2.45. The topological polar surface area (TPSA) is 49.4 Å². The van der Waals surface area contributed by atoms with E-state index in [9.17, 15) is 9.59 Å². The van der Waals surface area contributed by atoms with Crippen LogP contribution in [0.3, 0.4) is 0 Å². The van der Waals surface area contributed by atoms with Crippen molar-refractivity contribution in [3.05, 3.63) is 23.2 Å². The van der Waals surface area contributed by atoms with Crippen LogP contribution in [0.5, 0.6) is 0 Å². The average molecular weight is 327 g/mol. The molecule has 0 bridgehead atoms. The second kappa shape index (κ2) is 7.18. The van der Waals surface area contributed by atoms with Gasteiger partial charge in [0.1, 0.15) is 0 Å². The number of unbranched alkanes of at least 4 members (excludes halogenated alkanes) is 1. The number of anilines is 1. The number of benzene rings is 1. The maximum atomic E-state index is 12.1. The first-order valence-electron chi connectivity index (χ1n) is 7.02. The molecule has 0 saturated carbocycles. The van der Waals surface area contributed by atoms with Crippen molar-refractivity contribution in [3.63, 3.8) is 0 Å². The van der Waals surface area contributed by atoms with Gasteiger partial charge in [0.25, 0.3) is 0 Å². The molecule has 0 aliphatic carbocycles. The van der Waals surface area contributed by atoms with Gasteiger partial charge in [-0.2, -0.15) is 0 Å². The molecule has 114 valence electrons. The van der Waals surface area contributed by atoms with Gasteiger partial charge >= 0.3 is 0 Å². The fraction of sp³-hybridized carbons (Fsp3) is 0.467. The Labute approximate surface area is 134 Å². The summed E-state index contributed by atoms with van der Waals surface area (Å²) in [4.78, 5) is 26.9. The Kier molecular flexibility index (Phi) is 5.53. The summed E-state index contributed by atoms with van der Waals surface area (Å²) >= 11 is 7.34. The van der Waals surface area contributed by atoms with E-state index in [0.29, 0.717) is 5.02 Å². The van der Waals surface area contributed by atoms with Crippen LogP contribution in [0.4, 0.5) is 5.69 Å². The molecule has 0 fully saturated rings. The third-order valence-corrected chi connectivity index (χ3v) is 4.90. The van der Waals surface area contributed by atoms with Crippen LogP contribution in [0, 0.1) is 0 Å². The highest BCUT2D eigenvalue weighted by Crippen LogP contribution is 2.38. The Hall–Kier alpha value is -1.20. The van der Waals surface area contributed by atoms with E-state index in [2.05, 4.69) is 12.2 Å². The van der Waals surface area contributed by atoms with Crippen LogP contribution in [0.2, 0.25) is 5.02 Å². The zero-order valence-corrected chi connectivity index (χ0v) is 13.8. The van der Waals surface area contributed by atoms with E-state index in [1.54, 1.807) is 24.1 Å². The summed E-state index contributed by atoms with van der Waals surface area (Å²) < 4.78 is 0. The lowest BCUT2D eigenvalue weighted by molar-refractivity contribution is -0.131. The number of nitrogens with zero attached hydrogens (tertiary/aromatic N) is 1. The van der Waals surface area contributed by atoms with Gasteiger partial charge in [-0.05, 0) is 24.6 Å². The fourth-order valence-electron chi connectivity index (χ4n) is 2.09. The Morgan fingerprint density at radius 2 is 2.24 bits per heavy atom. The molecule has 0 spiro atoms. The van der Waals surface area contributed by atoms with Gasteiger partial charge in [-0.25, -0.2) is 0 Å². The molecule has 0 aromatic heterocycles. The van der Waals surface area contributed by atoms with Crippen molar-refractivity contribution in [2.75, 3.05) is 18.9 Å². The third-order valence-electron chi connectivity index (χ3n) is 3.39. The minimum atomic E-state index is -0.379. The van der Waals surface area contributed by atoms with Crippen molar-refractivity contribution in [3.8, 4) is 0 Å². The summed E-state index contributed by atoms with van der Waals surface area (Å²) in [6.07, 6.45) is 2.25. The molecule has 21 heavy (non-hydrogen) atoms. The molecule has 1 aliphatic heterocycles. The van der Waals surface area contributed by atoms with Crippen molar-refractivity contribution in [1.82, 2.24) is 4.90 Å². The van der Waals surface area contributed by atoms with Gasteiger partial charge in [0, 0.05) is 29.9 Å². The van der Waals surface area contributed by atoms with E-state index in [1.165, 1.54) is 11.8 Å². The Morgan fingerprint density at radius 1 is 1.48 bits per heavy atom. The van der Waals surface area contributed by atoms with Gasteiger partial charge in [0.05, 0.1) is 10.9 Å². The first-order valence-corrected chi connectivity index (χ1v) is 8.28. The second-order valence-electron chi connectivity index (χ2n) is 5.11. The molecule has 2 rings (SSSR count). The number of hydrogen-bond donors (Lipinski definition) is 1. The van der Waals surface area contributed by atoms with Crippen LogP contribution < -0.4 is 5.32 Å². The lowest BCUT2D eigenvalue weighted by Gasteiger charge is -2.25. The number of carbonyl (C=O) groups is 2. The van der Waals surface area contributed by atoms with Gasteiger partial charge < -0.3 is 10.2 Å². The van der Waals surface area contributed by atoms with Crippen molar-refractivity contribution in [1.29, 1.82) is 0 Å². The number of carbonyl (C=O) groups excluding carboxylic acids is 2. The number of nitrogens with one attached hydrogen (secondary N) is 1. The van der Waals surface area contributed by atoms with E-state index in [0.717, 1.165) is 30.0 Å². The summed E-state index contributed by atoms with van der Waals surface area (Å²) in [5.74, 6) is -0.125. The molecule has 1 unspecified atom stereocenters. The molecule has 6 heteroatoms. The van der Waals surface area contributed by atoms with Crippen LogP contribution in [0.25, 0.3) is 0 Å². The van der Waals surface area contributed by atoms with E-state index < -0.39 is 0 Å². The number of fused-ring (bicyclic) bond motifs is 1. The van der Waals surface area contributed by atoms with Crippen molar-refractivity contribution >= 4 is 40.9 Å². The summed E-state index contributed by atoms with van der Waals surface area (Å²) in [6, 6.07) is 5.39. The molecular weight excluding hydrogens is 308 g/mol. The van der Waals surface area contributed by atoms with Crippen molar-refractivity contribution < 1.29 is 9.59 Å². The fourth-order valence-corrected chi connectivity index (χ4v) is 3.35. The minimum absolute atomic E-state index is 0.00788. The minimum Gasteiger partial charge on any atom is -0.346 e. The Balaban J connectivity index is 2.00. The lowest BCUT2D eigenvalue weighted by Crippen LogP contribution is -2.36. The molecule has 1 aliphatic rings. The molecule has 1 aromatic rings. The molecule has 1 heterocycles. The highest BCUT2D eigenvalue weighted by atomic mass is 35.5. The number of amides is 2. The summed E-state index contributed by atoms with van der Waals surface area (Å²) in [5, 5.41) is 3.03. The van der Waals surface area contributed by atoms with E-state index in [4.69, 9.17) is 11.6 Å². The Bertz CT molecular complexity index is 550. The molecule has 0 saturated heterocycles. The normalized spacial score (nSPS) is 17.1. The van der Waals surface area contributed by atoms with E-state index >= 15 is 0 Å². The molecule has 1 N–H and O–H groups in total. The molecule has 2 amide bonds. The van der Waals surface area contributed by atoms with Crippen LogP contribution >= 0.6 is 23.4 Å². The number of thioether (sulfide) groups is 1. The first kappa shape index (κ1) is 16.2. The number of rotatable bonds is 5. The molecule has 0 radical (unpaired) electrons. The largest absolute Gasteiger partial charge is 0.346 e. The van der Waals surface area contributed by atoms with Gasteiger partial charge in [-0.3, -0.25) is 9.59 Å². The van der Waals surface area contributed by atoms with Crippen LogP contribution in [-0.2, 0) is 9.59 Å². The highest BCUT2D eigenvalue weighted by Gasteiger charge is 2.29. The molecule has 1 atom stereocenters. The smallest absolute Gasteiger partial charge is 0.238 e. The predicted molar refractivity (Wildman–Crippen MR) is 86.9 cm³/mol. The SMILES string of the molecule is CCCCN(C)C(=O)CC1Sc2ccc(Cl)cc2NC1=O. The number of halogens is 1.